The number of rotatable bonds is 4. The molecule has 3 aliphatic heterocycles. The molecule has 1 aromatic rings. The van der Waals surface area contributed by atoms with Crippen molar-refractivity contribution < 1.29 is 19.0 Å². The second-order valence-corrected chi connectivity index (χ2v) is 7.47. The molecule has 6 heteroatoms. The van der Waals surface area contributed by atoms with E-state index in [0.717, 1.165) is 68.9 Å². The van der Waals surface area contributed by atoms with Crippen molar-refractivity contribution in [2.45, 2.75) is 37.8 Å². The number of piperidine rings is 2. The molecule has 146 valence electrons. The first-order chi connectivity index (χ1) is 13.2. The molecule has 27 heavy (non-hydrogen) atoms. The van der Waals surface area contributed by atoms with Crippen LogP contribution in [0, 0.1) is 0 Å². The molecule has 0 radical (unpaired) electrons. The second-order valence-electron chi connectivity index (χ2n) is 7.47. The topological polar surface area (TPSA) is 51.2 Å². The first-order valence-electron chi connectivity index (χ1n) is 9.86. The van der Waals surface area contributed by atoms with Gasteiger partial charge in [0.05, 0.1) is 6.10 Å². The maximum Gasteiger partial charge on any atom is 0.246 e. The lowest BCUT2D eigenvalue weighted by atomic mass is 9.99. The smallest absolute Gasteiger partial charge is 0.246 e. The highest BCUT2D eigenvalue weighted by molar-refractivity contribution is 5.92. The molecule has 2 fully saturated rings. The van der Waals surface area contributed by atoms with Crippen LogP contribution in [0.25, 0.3) is 6.08 Å². The number of carbonyl (C=O) groups excluding carboxylic acids is 1. The third kappa shape index (κ3) is 4.28. The van der Waals surface area contributed by atoms with Crippen molar-refractivity contribution in [1.29, 1.82) is 0 Å². The molecule has 3 heterocycles. The van der Waals surface area contributed by atoms with Gasteiger partial charge in [0.25, 0.3) is 0 Å². The van der Waals surface area contributed by atoms with Gasteiger partial charge in [-0.15, -0.1) is 0 Å². The summed E-state index contributed by atoms with van der Waals surface area (Å²) >= 11 is 0. The lowest BCUT2D eigenvalue weighted by Crippen LogP contribution is -2.49. The quantitative estimate of drug-likeness (QED) is 0.761. The molecule has 4 rings (SSSR count). The summed E-state index contributed by atoms with van der Waals surface area (Å²) < 4.78 is 16.2. The Morgan fingerprint density at radius 3 is 2.56 bits per heavy atom. The molecule has 0 aromatic heterocycles. The van der Waals surface area contributed by atoms with E-state index in [-0.39, 0.29) is 12.7 Å². The van der Waals surface area contributed by atoms with E-state index in [1.807, 2.05) is 36.3 Å². The predicted molar refractivity (Wildman–Crippen MR) is 103 cm³/mol. The molecule has 3 aliphatic rings. The summed E-state index contributed by atoms with van der Waals surface area (Å²) in [6.45, 7) is 4.15. The summed E-state index contributed by atoms with van der Waals surface area (Å²) in [5.74, 6) is 1.59. The van der Waals surface area contributed by atoms with Crippen LogP contribution in [0.3, 0.4) is 0 Å². The molecule has 0 N–H and O–H groups in total. The number of nitrogens with zero attached hydrogens (tertiary/aromatic N) is 2. The summed E-state index contributed by atoms with van der Waals surface area (Å²) in [5, 5.41) is 0. The molecule has 0 spiro atoms. The fraction of sp³-hybridized carbons (Fsp3) is 0.571. The van der Waals surface area contributed by atoms with Crippen molar-refractivity contribution in [2.75, 3.05) is 40.1 Å². The molecule has 0 bridgehead atoms. The average molecular weight is 372 g/mol. The number of hydrogen-bond acceptors (Lipinski definition) is 5. The molecule has 1 amide bonds. The van der Waals surface area contributed by atoms with E-state index in [2.05, 4.69) is 4.90 Å². The van der Waals surface area contributed by atoms with Gasteiger partial charge in [-0.25, -0.2) is 0 Å². The second kappa shape index (κ2) is 8.31. The molecular formula is C21H28N2O4. The van der Waals surface area contributed by atoms with Crippen molar-refractivity contribution in [3.05, 3.63) is 29.8 Å². The molecule has 1 aromatic carbocycles. The van der Waals surface area contributed by atoms with Gasteiger partial charge in [-0.1, -0.05) is 6.07 Å². The van der Waals surface area contributed by atoms with Crippen LogP contribution >= 0.6 is 0 Å². The standard InChI is InChI=1S/C21H28N2O4/c1-25-18-8-12-22(13-9-18)17-6-10-23(11-7-17)21(24)5-3-16-2-4-19-20(14-16)27-15-26-19/h2-5,14,17-18H,6-13,15H2,1H3. The molecule has 0 saturated carbocycles. The normalized spacial score (nSPS) is 21.9. The lowest BCUT2D eigenvalue weighted by molar-refractivity contribution is -0.127. The lowest BCUT2D eigenvalue weighted by Gasteiger charge is -2.41. The van der Waals surface area contributed by atoms with Gasteiger partial charge in [-0.2, -0.15) is 0 Å². The number of hydrogen-bond donors (Lipinski definition) is 0. The zero-order valence-electron chi connectivity index (χ0n) is 15.9. The minimum Gasteiger partial charge on any atom is -0.454 e. The van der Waals surface area contributed by atoms with Gasteiger partial charge >= 0.3 is 0 Å². The number of carbonyl (C=O) groups is 1. The Morgan fingerprint density at radius 1 is 1.07 bits per heavy atom. The van der Waals surface area contributed by atoms with Gasteiger partial charge in [0.2, 0.25) is 12.7 Å². The highest BCUT2D eigenvalue weighted by atomic mass is 16.7. The van der Waals surface area contributed by atoms with E-state index in [1.165, 1.54) is 0 Å². The third-order valence-electron chi connectivity index (χ3n) is 5.92. The Kier molecular flexibility index (Phi) is 5.64. The van der Waals surface area contributed by atoms with E-state index >= 15 is 0 Å². The van der Waals surface area contributed by atoms with Crippen molar-refractivity contribution in [3.8, 4) is 11.5 Å². The highest BCUT2D eigenvalue weighted by Gasteiger charge is 2.29. The van der Waals surface area contributed by atoms with Gasteiger partial charge in [0.15, 0.2) is 11.5 Å². The van der Waals surface area contributed by atoms with Crippen LogP contribution in [-0.2, 0) is 9.53 Å². The number of amides is 1. The zero-order valence-corrected chi connectivity index (χ0v) is 15.9. The summed E-state index contributed by atoms with van der Waals surface area (Å²) in [6, 6.07) is 6.32. The van der Waals surface area contributed by atoms with Gasteiger partial charge in [-0.3, -0.25) is 4.79 Å². The monoisotopic (exact) mass is 372 g/mol. The van der Waals surface area contributed by atoms with Crippen LogP contribution in [0.1, 0.15) is 31.2 Å². The van der Waals surface area contributed by atoms with E-state index in [1.54, 1.807) is 6.08 Å². The Hall–Kier alpha value is -2.05. The SMILES string of the molecule is COC1CCN(C2CCN(C(=O)C=Cc3ccc4c(c3)OCO4)CC2)CC1. The Bertz CT molecular complexity index is 689. The van der Waals surface area contributed by atoms with Crippen molar-refractivity contribution >= 4 is 12.0 Å². The highest BCUT2D eigenvalue weighted by Crippen LogP contribution is 2.32. The van der Waals surface area contributed by atoms with Gasteiger partial charge in [0.1, 0.15) is 0 Å². The van der Waals surface area contributed by atoms with E-state index in [0.29, 0.717) is 12.1 Å². The average Bonchev–Trinajstić information content (AvgIpc) is 3.20. The van der Waals surface area contributed by atoms with Crippen LogP contribution in [-0.4, -0.2) is 67.9 Å². The largest absolute Gasteiger partial charge is 0.454 e. The summed E-state index contributed by atoms with van der Waals surface area (Å²) in [5.41, 5.74) is 0.948. The maximum absolute atomic E-state index is 12.5. The van der Waals surface area contributed by atoms with Crippen LogP contribution in [0.4, 0.5) is 0 Å². The fourth-order valence-corrected chi connectivity index (χ4v) is 4.22. The number of benzene rings is 1. The van der Waals surface area contributed by atoms with Gasteiger partial charge < -0.3 is 24.0 Å². The number of ether oxygens (including phenoxy) is 3. The van der Waals surface area contributed by atoms with E-state index < -0.39 is 0 Å². The summed E-state index contributed by atoms with van der Waals surface area (Å²) in [4.78, 5) is 17.1. The number of fused-ring (bicyclic) bond motifs is 1. The number of methoxy groups -OCH3 is 1. The number of likely N-dealkylation sites (tertiary alicyclic amines) is 2. The minimum atomic E-state index is 0.0872. The van der Waals surface area contributed by atoms with Crippen LogP contribution in [0.5, 0.6) is 11.5 Å². The fourth-order valence-electron chi connectivity index (χ4n) is 4.22. The molecule has 0 aliphatic carbocycles. The molecule has 2 saturated heterocycles. The molecule has 6 nitrogen and oxygen atoms in total. The Labute approximate surface area is 160 Å². The zero-order chi connectivity index (χ0) is 18.6. The van der Waals surface area contributed by atoms with E-state index in [4.69, 9.17) is 14.2 Å². The van der Waals surface area contributed by atoms with Crippen molar-refractivity contribution in [3.63, 3.8) is 0 Å². The summed E-state index contributed by atoms with van der Waals surface area (Å²) in [7, 11) is 1.81. The van der Waals surface area contributed by atoms with Gasteiger partial charge in [-0.05, 0) is 49.5 Å². The van der Waals surface area contributed by atoms with E-state index in [9.17, 15) is 4.79 Å². The molecule has 0 unspecified atom stereocenters. The van der Waals surface area contributed by atoms with Crippen LogP contribution in [0.2, 0.25) is 0 Å². The first kappa shape index (κ1) is 18.3. The van der Waals surface area contributed by atoms with Gasteiger partial charge in [0, 0.05) is 45.4 Å². The summed E-state index contributed by atoms with van der Waals surface area (Å²) in [6.07, 6.45) is 8.29. The Morgan fingerprint density at radius 2 is 1.81 bits per heavy atom. The Balaban J connectivity index is 1.26. The maximum atomic E-state index is 12.5. The van der Waals surface area contributed by atoms with Crippen LogP contribution in [0.15, 0.2) is 24.3 Å². The van der Waals surface area contributed by atoms with Crippen molar-refractivity contribution in [1.82, 2.24) is 9.80 Å². The minimum absolute atomic E-state index is 0.0872. The first-order valence-corrected chi connectivity index (χ1v) is 9.86. The van der Waals surface area contributed by atoms with Crippen LogP contribution < -0.4 is 9.47 Å². The predicted octanol–water partition coefficient (Wildman–Crippen LogP) is 2.53. The molecular weight excluding hydrogens is 344 g/mol. The van der Waals surface area contributed by atoms with Crippen molar-refractivity contribution in [2.24, 2.45) is 0 Å². The third-order valence-corrected chi connectivity index (χ3v) is 5.92. The molecule has 0 atom stereocenters.